The van der Waals surface area contributed by atoms with Crippen molar-refractivity contribution in [2.45, 2.75) is 24.3 Å². The number of aliphatic hydroxyl groups excluding tert-OH is 1. The fourth-order valence-corrected chi connectivity index (χ4v) is 2.52. The predicted molar refractivity (Wildman–Crippen MR) is 62.9 cm³/mol. The van der Waals surface area contributed by atoms with Gasteiger partial charge in [0.15, 0.2) is 0 Å². The molecule has 2 N–H and O–H groups in total. The Morgan fingerprint density at radius 1 is 1.39 bits per heavy atom. The van der Waals surface area contributed by atoms with Gasteiger partial charge in [0.05, 0.1) is 11.1 Å². The zero-order valence-corrected chi connectivity index (χ0v) is 11.0. The smallest absolute Gasteiger partial charge is 0.243 e. The minimum atomic E-state index is -4.17. The summed E-state index contributed by atoms with van der Waals surface area (Å²) in [6.45, 7) is 1.40. The first-order chi connectivity index (χ1) is 8.27. The molecule has 0 radical (unpaired) electrons. The Balaban J connectivity index is 3.02. The molecule has 0 fully saturated rings. The summed E-state index contributed by atoms with van der Waals surface area (Å²) in [5, 5.41) is 8.74. The van der Waals surface area contributed by atoms with Crippen molar-refractivity contribution >= 4 is 21.6 Å². The van der Waals surface area contributed by atoms with Gasteiger partial charge >= 0.3 is 0 Å². The minimum Gasteiger partial charge on any atom is -0.392 e. The molecule has 0 aromatic heterocycles. The van der Waals surface area contributed by atoms with Crippen LogP contribution in [0.5, 0.6) is 0 Å². The highest BCUT2D eigenvalue weighted by atomic mass is 35.5. The first-order valence-electron chi connectivity index (χ1n) is 5.10. The van der Waals surface area contributed by atoms with Crippen LogP contribution in [0.2, 0.25) is 5.02 Å². The third-order valence-electron chi connectivity index (χ3n) is 2.24. The maximum atomic E-state index is 13.4. The topological polar surface area (TPSA) is 66.4 Å². The lowest BCUT2D eigenvalue weighted by Crippen LogP contribution is -2.32. The molecular formula is C10H12ClF2NO3S. The van der Waals surface area contributed by atoms with Gasteiger partial charge in [0, 0.05) is 12.6 Å². The first kappa shape index (κ1) is 15.3. The molecule has 0 heterocycles. The highest BCUT2D eigenvalue weighted by Gasteiger charge is 2.21. The van der Waals surface area contributed by atoms with Crippen molar-refractivity contribution in [1.29, 1.82) is 0 Å². The fraction of sp³-hybridized carbons (Fsp3) is 0.400. The van der Waals surface area contributed by atoms with E-state index in [1.165, 1.54) is 0 Å². The second-order valence-corrected chi connectivity index (χ2v) is 5.75. The largest absolute Gasteiger partial charge is 0.392 e. The lowest BCUT2D eigenvalue weighted by atomic mass is 10.3. The van der Waals surface area contributed by atoms with E-state index in [0.29, 0.717) is 18.6 Å². The second kappa shape index (κ2) is 5.92. The molecule has 0 aliphatic heterocycles. The molecule has 0 amide bonds. The van der Waals surface area contributed by atoms with E-state index in [0.717, 1.165) is 0 Å². The molecule has 4 nitrogen and oxygen atoms in total. The summed E-state index contributed by atoms with van der Waals surface area (Å²) in [5.74, 6) is -2.28. The van der Waals surface area contributed by atoms with Crippen LogP contribution in [0, 0.1) is 11.6 Å². The van der Waals surface area contributed by atoms with Crippen molar-refractivity contribution in [1.82, 2.24) is 4.72 Å². The number of halogens is 3. The van der Waals surface area contributed by atoms with Crippen LogP contribution in [0.1, 0.15) is 13.3 Å². The molecule has 1 aromatic carbocycles. The number of hydrogen-bond donors (Lipinski definition) is 2. The van der Waals surface area contributed by atoms with Gasteiger partial charge in [-0.3, -0.25) is 0 Å². The minimum absolute atomic E-state index is 0.257. The molecule has 0 aliphatic rings. The van der Waals surface area contributed by atoms with Gasteiger partial charge in [-0.15, -0.1) is 0 Å². The zero-order valence-electron chi connectivity index (χ0n) is 9.45. The molecule has 0 unspecified atom stereocenters. The van der Waals surface area contributed by atoms with Gasteiger partial charge in [-0.25, -0.2) is 21.9 Å². The Labute approximate surface area is 109 Å². The van der Waals surface area contributed by atoms with Crippen LogP contribution in [-0.4, -0.2) is 26.2 Å². The van der Waals surface area contributed by atoms with Crippen LogP contribution in [-0.2, 0) is 10.0 Å². The van der Waals surface area contributed by atoms with Crippen molar-refractivity contribution in [2.75, 3.05) is 6.54 Å². The van der Waals surface area contributed by atoms with Crippen LogP contribution in [0.4, 0.5) is 8.78 Å². The SMILES string of the molecule is CC[C@@H](O)CNS(=O)(=O)c1cc(Cl)c(F)cc1F. The molecule has 0 aliphatic carbocycles. The van der Waals surface area contributed by atoms with Crippen LogP contribution < -0.4 is 4.72 Å². The number of sulfonamides is 1. The van der Waals surface area contributed by atoms with E-state index < -0.39 is 37.7 Å². The van der Waals surface area contributed by atoms with Crippen molar-refractivity contribution in [2.24, 2.45) is 0 Å². The Morgan fingerprint density at radius 2 is 2.00 bits per heavy atom. The summed E-state index contributed by atoms with van der Waals surface area (Å²) in [5.41, 5.74) is 0. The van der Waals surface area contributed by atoms with Gasteiger partial charge in [-0.1, -0.05) is 18.5 Å². The summed E-state index contributed by atoms with van der Waals surface area (Å²) in [7, 11) is -4.17. The quantitative estimate of drug-likeness (QED) is 0.813. The normalized spacial score (nSPS) is 13.6. The van der Waals surface area contributed by atoms with Crippen LogP contribution in [0.15, 0.2) is 17.0 Å². The van der Waals surface area contributed by atoms with E-state index in [2.05, 4.69) is 0 Å². The van der Waals surface area contributed by atoms with Crippen molar-refractivity contribution < 1.29 is 22.3 Å². The molecule has 0 spiro atoms. The first-order valence-corrected chi connectivity index (χ1v) is 6.96. The number of nitrogens with one attached hydrogen (secondary N) is 1. The number of aliphatic hydroxyl groups is 1. The lowest BCUT2D eigenvalue weighted by molar-refractivity contribution is 0.174. The Hall–Kier alpha value is -0.760. The van der Waals surface area contributed by atoms with Gasteiger partial charge in [0.2, 0.25) is 10.0 Å². The van der Waals surface area contributed by atoms with E-state index in [-0.39, 0.29) is 6.54 Å². The average molecular weight is 300 g/mol. The van der Waals surface area contributed by atoms with Crippen LogP contribution >= 0.6 is 11.6 Å². The summed E-state index contributed by atoms with van der Waals surface area (Å²) in [6.07, 6.45) is -0.534. The third-order valence-corrected chi connectivity index (χ3v) is 3.97. The fourth-order valence-electron chi connectivity index (χ4n) is 1.14. The molecule has 1 atom stereocenters. The molecule has 0 saturated carbocycles. The summed E-state index contributed by atoms with van der Waals surface area (Å²) in [6, 6.07) is 1.08. The Morgan fingerprint density at radius 3 is 2.56 bits per heavy atom. The van der Waals surface area contributed by atoms with Gasteiger partial charge in [0.25, 0.3) is 0 Å². The van der Waals surface area contributed by atoms with Gasteiger partial charge < -0.3 is 5.11 Å². The second-order valence-electron chi connectivity index (χ2n) is 3.61. The van der Waals surface area contributed by atoms with Crippen LogP contribution in [0.3, 0.4) is 0 Å². The van der Waals surface area contributed by atoms with Crippen molar-refractivity contribution in [3.8, 4) is 0 Å². The molecule has 0 saturated heterocycles. The number of benzene rings is 1. The van der Waals surface area contributed by atoms with E-state index >= 15 is 0 Å². The molecular weight excluding hydrogens is 288 g/mol. The maximum absolute atomic E-state index is 13.4. The monoisotopic (exact) mass is 299 g/mol. The molecule has 102 valence electrons. The summed E-state index contributed by atoms with van der Waals surface area (Å²) in [4.78, 5) is -0.753. The van der Waals surface area contributed by atoms with E-state index in [1.54, 1.807) is 6.92 Å². The molecule has 1 aromatic rings. The zero-order chi connectivity index (χ0) is 13.9. The van der Waals surface area contributed by atoms with Crippen LogP contribution in [0.25, 0.3) is 0 Å². The predicted octanol–water partition coefficient (Wildman–Crippen LogP) is 1.67. The highest BCUT2D eigenvalue weighted by Crippen LogP contribution is 2.22. The number of hydrogen-bond acceptors (Lipinski definition) is 3. The molecule has 1 rings (SSSR count). The molecule has 0 bridgehead atoms. The standard InChI is InChI=1S/C10H12ClF2NO3S/c1-2-6(15)5-14-18(16,17)10-3-7(11)8(12)4-9(10)13/h3-4,6,14-15H,2,5H2,1H3/t6-/m1/s1. The van der Waals surface area contributed by atoms with Gasteiger partial charge in [-0.2, -0.15) is 0 Å². The summed E-state index contributed by atoms with van der Waals surface area (Å²) < 4.78 is 51.6. The number of rotatable bonds is 5. The van der Waals surface area contributed by atoms with E-state index in [1.807, 2.05) is 4.72 Å². The lowest BCUT2D eigenvalue weighted by Gasteiger charge is -2.11. The molecule has 18 heavy (non-hydrogen) atoms. The highest BCUT2D eigenvalue weighted by molar-refractivity contribution is 7.89. The van der Waals surface area contributed by atoms with Gasteiger partial charge in [0.1, 0.15) is 16.5 Å². The van der Waals surface area contributed by atoms with Gasteiger partial charge in [-0.05, 0) is 12.5 Å². The van der Waals surface area contributed by atoms with Crippen molar-refractivity contribution in [3.63, 3.8) is 0 Å². The Kier molecular flexibility index (Phi) is 5.03. The van der Waals surface area contributed by atoms with E-state index in [9.17, 15) is 22.3 Å². The van der Waals surface area contributed by atoms with Crippen molar-refractivity contribution in [3.05, 3.63) is 28.8 Å². The maximum Gasteiger partial charge on any atom is 0.243 e. The third kappa shape index (κ3) is 3.61. The van der Waals surface area contributed by atoms with E-state index in [4.69, 9.17) is 11.6 Å². The summed E-state index contributed by atoms with van der Waals surface area (Å²) >= 11 is 5.40. The molecule has 8 heteroatoms. The Bertz CT molecular complexity index is 536. The average Bonchev–Trinajstić information content (AvgIpc) is 2.30.